The Bertz CT molecular complexity index is 281. The molecule has 0 spiro atoms. The maximum absolute atomic E-state index is 11.4. The zero-order chi connectivity index (χ0) is 18.6. The first-order valence-electron chi connectivity index (χ1n) is 10.6. The molecule has 0 saturated carbocycles. The standard InChI is InChI=1S/C21H42O4/c1-3-5-6-7-8-9-10-11-12-13-14-15-17-24-19-20(18-22)25-21(23)16-4-2/h20,22H,3-19H2,1-2H3. The van der Waals surface area contributed by atoms with Crippen LogP contribution in [0.5, 0.6) is 0 Å². The van der Waals surface area contributed by atoms with Crippen molar-refractivity contribution < 1.29 is 19.4 Å². The van der Waals surface area contributed by atoms with Crippen LogP contribution in [-0.2, 0) is 14.3 Å². The third-order valence-electron chi connectivity index (χ3n) is 4.40. The molecule has 0 aliphatic heterocycles. The van der Waals surface area contributed by atoms with Gasteiger partial charge in [0.15, 0.2) is 0 Å². The summed E-state index contributed by atoms with van der Waals surface area (Å²) in [5.41, 5.74) is 0. The molecule has 0 aromatic carbocycles. The summed E-state index contributed by atoms with van der Waals surface area (Å²) in [4.78, 5) is 11.4. The number of carbonyl (C=O) groups is 1. The van der Waals surface area contributed by atoms with Gasteiger partial charge < -0.3 is 14.6 Å². The summed E-state index contributed by atoms with van der Waals surface area (Å²) in [6.07, 6.45) is 16.5. The van der Waals surface area contributed by atoms with Gasteiger partial charge in [0, 0.05) is 13.0 Å². The number of rotatable bonds is 19. The fourth-order valence-electron chi connectivity index (χ4n) is 2.83. The average Bonchev–Trinajstić information content (AvgIpc) is 2.61. The molecule has 0 rings (SSSR count). The van der Waals surface area contributed by atoms with Crippen molar-refractivity contribution in [2.45, 2.75) is 110 Å². The van der Waals surface area contributed by atoms with Crippen molar-refractivity contribution in [1.29, 1.82) is 0 Å². The third kappa shape index (κ3) is 18.0. The highest BCUT2D eigenvalue weighted by molar-refractivity contribution is 5.69. The van der Waals surface area contributed by atoms with Crippen molar-refractivity contribution in [3.8, 4) is 0 Å². The van der Waals surface area contributed by atoms with Crippen LogP contribution in [-0.4, -0.2) is 37.0 Å². The Morgan fingerprint density at radius 3 is 1.80 bits per heavy atom. The first kappa shape index (κ1) is 24.4. The summed E-state index contributed by atoms with van der Waals surface area (Å²) >= 11 is 0. The van der Waals surface area contributed by atoms with Crippen molar-refractivity contribution in [3.05, 3.63) is 0 Å². The second-order valence-corrected chi connectivity index (χ2v) is 7.01. The third-order valence-corrected chi connectivity index (χ3v) is 4.40. The largest absolute Gasteiger partial charge is 0.457 e. The molecule has 0 aromatic heterocycles. The van der Waals surface area contributed by atoms with E-state index in [9.17, 15) is 9.90 Å². The number of unbranched alkanes of at least 4 members (excludes halogenated alkanes) is 11. The molecule has 150 valence electrons. The summed E-state index contributed by atoms with van der Waals surface area (Å²) in [6.45, 7) is 4.99. The smallest absolute Gasteiger partial charge is 0.306 e. The Balaban J connectivity index is 3.28. The van der Waals surface area contributed by atoms with E-state index in [-0.39, 0.29) is 12.6 Å². The zero-order valence-electron chi connectivity index (χ0n) is 16.8. The number of aliphatic hydroxyl groups is 1. The van der Waals surface area contributed by atoms with Crippen molar-refractivity contribution in [1.82, 2.24) is 0 Å². The minimum absolute atomic E-state index is 0.173. The first-order valence-corrected chi connectivity index (χ1v) is 10.6. The summed E-state index contributed by atoms with van der Waals surface area (Å²) < 4.78 is 10.7. The van der Waals surface area contributed by atoms with E-state index in [4.69, 9.17) is 9.47 Å². The molecule has 1 atom stereocenters. The van der Waals surface area contributed by atoms with Gasteiger partial charge in [0.05, 0.1) is 13.2 Å². The van der Waals surface area contributed by atoms with Crippen molar-refractivity contribution >= 4 is 5.97 Å². The predicted octanol–water partition coefficient (Wildman–Crippen LogP) is 5.41. The lowest BCUT2D eigenvalue weighted by atomic mass is 10.1. The number of aliphatic hydroxyl groups excluding tert-OH is 1. The Morgan fingerprint density at radius 1 is 0.800 bits per heavy atom. The fraction of sp³-hybridized carbons (Fsp3) is 0.952. The van der Waals surface area contributed by atoms with Gasteiger partial charge in [0.1, 0.15) is 6.10 Å². The van der Waals surface area contributed by atoms with E-state index in [1.807, 2.05) is 6.92 Å². The molecule has 4 nitrogen and oxygen atoms in total. The van der Waals surface area contributed by atoms with Crippen LogP contribution < -0.4 is 0 Å². The molecule has 0 aliphatic rings. The Hall–Kier alpha value is -0.610. The van der Waals surface area contributed by atoms with Crippen molar-refractivity contribution in [3.63, 3.8) is 0 Å². The first-order chi connectivity index (χ1) is 12.2. The highest BCUT2D eigenvalue weighted by atomic mass is 16.6. The number of esters is 1. The highest BCUT2D eigenvalue weighted by Crippen LogP contribution is 2.12. The lowest BCUT2D eigenvalue weighted by molar-refractivity contribution is -0.154. The zero-order valence-corrected chi connectivity index (χ0v) is 16.8. The van der Waals surface area contributed by atoms with E-state index in [1.165, 1.54) is 70.6 Å². The molecule has 1 unspecified atom stereocenters. The monoisotopic (exact) mass is 358 g/mol. The van der Waals surface area contributed by atoms with Crippen LogP contribution in [0.2, 0.25) is 0 Å². The lowest BCUT2D eigenvalue weighted by Crippen LogP contribution is -2.27. The van der Waals surface area contributed by atoms with Crippen LogP contribution in [0.1, 0.15) is 104 Å². The van der Waals surface area contributed by atoms with Gasteiger partial charge in [-0.1, -0.05) is 84.5 Å². The Kier molecular flexibility index (Phi) is 19.2. The predicted molar refractivity (Wildman–Crippen MR) is 104 cm³/mol. The van der Waals surface area contributed by atoms with Crippen LogP contribution >= 0.6 is 0 Å². The Morgan fingerprint density at radius 2 is 1.32 bits per heavy atom. The molecule has 0 aliphatic carbocycles. The highest BCUT2D eigenvalue weighted by Gasteiger charge is 2.12. The van der Waals surface area contributed by atoms with E-state index in [2.05, 4.69) is 6.92 Å². The van der Waals surface area contributed by atoms with E-state index in [0.29, 0.717) is 19.6 Å². The summed E-state index contributed by atoms with van der Waals surface area (Å²) in [7, 11) is 0. The van der Waals surface area contributed by atoms with Crippen molar-refractivity contribution in [2.24, 2.45) is 0 Å². The van der Waals surface area contributed by atoms with Crippen molar-refractivity contribution in [2.75, 3.05) is 19.8 Å². The molecule has 0 fully saturated rings. The number of hydrogen-bond donors (Lipinski definition) is 1. The number of ether oxygens (including phenoxy) is 2. The topological polar surface area (TPSA) is 55.8 Å². The van der Waals surface area contributed by atoms with Gasteiger partial charge in [-0.25, -0.2) is 0 Å². The molecular formula is C21H42O4. The molecule has 0 saturated heterocycles. The maximum atomic E-state index is 11.4. The van der Waals surface area contributed by atoms with Gasteiger partial charge in [0.2, 0.25) is 0 Å². The SMILES string of the molecule is CCCCCCCCCCCCCCOCC(CO)OC(=O)CCC. The molecule has 4 heteroatoms. The molecule has 0 bridgehead atoms. The summed E-state index contributed by atoms with van der Waals surface area (Å²) in [5.74, 6) is -0.254. The average molecular weight is 359 g/mol. The fourth-order valence-corrected chi connectivity index (χ4v) is 2.83. The maximum Gasteiger partial charge on any atom is 0.306 e. The minimum atomic E-state index is -0.517. The van der Waals surface area contributed by atoms with Gasteiger partial charge in [0.25, 0.3) is 0 Å². The van der Waals surface area contributed by atoms with Crippen LogP contribution in [0.25, 0.3) is 0 Å². The van der Waals surface area contributed by atoms with E-state index >= 15 is 0 Å². The summed E-state index contributed by atoms with van der Waals surface area (Å²) in [5, 5.41) is 9.19. The second kappa shape index (κ2) is 19.7. The summed E-state index contributed by atoms with van der Waals surface area (Å²) in [6, 6.07) is 0. The molecule has 0 amide bonds. The van der Waals surface area contributed by atoms with Gasteiger partial charge in [-0.2, -0.15) is 0 Å². The molecular weight excluding hydrogens is 316 g/mol. The van der Waals surface area contributed by atoms with Gasteiger partial charge in [-0.15, -0.1) is 0 Å². The van der Waals surface area contributed by atoms with Gasteiger partial charge in [-0.05, 0) is 12.8 Å². The van der Waals surface area contributed by atoms with Crippen LogP contribution in [0.4, 0.5) is 0 Å². The van der Waals surface area contributed by atoms with Crippen LogP contribution in [0, 0.1) is 0 Å². The van der Waals surface area contributed by atoms with Crippen LogP contribution in [0.15, 0.2) is 0 Å². The quantitative estimate of drug-likeness (QED) is 0.248. The Labute approximate surface area is 155 Å². The molecule has 0 radical (unpaired) electrons. The van der Waals surface area contributed by atoms with Gasteiger partial charge in [-0.3, -0.25) is 4.79 Å². The number of carbonyl (C=O) groups excluding carboxylic acids is 1. The lowest BCUT2D eigenvalue weighted by Gasteiger charge is -2.15. The van der Waals surface area contributed by atoms with Gasteiger partial charge >= 0.3 is 5.97 Å². The number of hydrogen-bond acceptors (Lipinski definition) is 4. The molecule has 1 N–H and O–H groups in total. The molecule has 0 aromatic rings. The second-order valence-electron chi connectivity index (χ2n) is 7.01. The van der Waals surface area contributed by atoms with E-state index in [1.54, 1.807) is 0 Å². The molecule has 25 heavy (non-hydrogen) atoms. The molecule has 0 heterocycles. The van der Waals surface area contributed by atoms with E-state index in [0.717, 1.165) is 12.8 Å². The van der Waals surface area contributed by atoms with E-state index < -0.39 is 6.10 Å². The normalized spacial score (nSPS) is 12.3. The minimum Gasteiger partial charge on any atom is -0.457 e. The van der Waals surface area contributed by atoms with Crippen LogP contribution in [0.3, 0.4) is 0 Å².